The molecule has 0 unspecified atom stereocenters. The van der Waals surface area contributed by atoms with Crippen LogP contribution in [0.15, 0.2) is 0 Å². The molecule has 0 aliphatic rings. The van der Waals surface area contributed by atoms with Crippen LogP contribution >= 0.6 is 0 Å². The highest BCUT2D eigenvalue weighted by molar-refractivity contribution is 5.62. The molecular formula is C10H22O8. The molecule has 8 nitrogen and oxygen atoms in total. The monoisotopic (exact) mass is 270 g/mol. The Kier molecular flexibility index (Phi) is 12.3. The van der Waals surface area contributed by atoms with Crippen molar-refractivity contribution >= 4 is 5.97 Å². The van der Waals surface area contributed by atoms with E-state index in [-0.39, 0.29) is 6.61 Å². The molecular weight excluding hydrogens is 248 g/mol. The molecule has 0 bridgehead atoms. The fourth-order valence-electron chi connectivity index (χ4n) is 1.15. The van der Waals surface area contributed by atoms with Gasteiger partial charge in [0, 0.05) is 21.1 Å². The maximum absolute atomic E-state index is 9.48. The van der Waals surface area contributed by atoms with Crippen LogP contribution in [-0.4, -0.2) is 83.4 Å². The first-order chi connectivity index (χ1) is 8.35. The number of aliphatic hydroxyl groups excluding tert-OH is 4. The molecule has 0 aromatic carbocycles. The predicted octanol–water partition coefficient (Wildman–Crippen LogP) is -2.19. The third-order valence-corrected chi connectivity index (χ3v) is 2.04. The first kappa shape index (κ1) is 19.6. The van der Waals surface area contributed by atoms with Crippen molar-refractivity contribution in [2.45, 2.75) is 31.3 Å². The number of hydrogen-bond acceptors (Lipinski definition) is 7. The van der Waals surface area contributed by atoms with Crippen molar-refractivity contribution in [1.29, 1.82) is 0 Å². The van der Waals surface area contributed by atoms with Crippen molar-refractivity contribution in [2.24, 2.45) is 0 Å². The van der Waals surface area contributed by atoms with E-state index in [0.29, 0.717) is 0 Å². The fraction of sp³-hybridized carbons (Fsp3) is 0.900. The Morgan fingerprint density at radius 2 is 1.56 bits per heavy atom. The summed E-state index contributed by atoms with van der Waals surface area (Å²) in [6.07, 6.45) is -4.24. The Morgan fingerprint density at radius 3 is 1.78 bits per heavy atom. The summed E-state index contributed by atoms with van der Waals surface area (Å²) in [5.41, 5.74) is 0. The van der Waals surface area contributed by atoms with Gasteiger partial charge in [0.05, 0.1) is 13.2 Å². The number of hydrogen-bond donors (Lipinski definition) is 5. The average molecular weight is 270 g/mol. The van der Waals surface area contributed by atoms with Crippen LogP contribution in [0.1, 0.15) is 6.92 Å². The summed E-state index contributed by atoms with van der Waals surface area (Å²) in [5, 5.41) is 43.5. The molecule has 0 rings (SSSR count). The van der Waals surface area contributed by atoms with Gasteiger partial charge in [-0.1, -0.05) is 0 Å². The van der Waals surface area contributed by atoms with E-state index in [1.54, 1.807) is 0 Å². The second-order valence-electron chi connectivity index (χ2n) is 3.42. The molecule has 0 aromatic heterocycles. The average Bonchev–Trinajstić information content (AvgIpc) is 2.33. The van der Waals surface area contributed by atoms with E-state index in [4.69, 9.17) is 34.7 Å². The lowest BCUT2D eigenvalue weighted by atomic mass is 10.0. The zero-order valence-corrected chi connectivity index (χ0v) is 10.7. The fourth-order valence-corrected chi connectivity index (χ4v) is 1.15. The number of aliphatic carboxylic acids is 1. The van der Waals surface area contributed by atoms with Gasteiger partial charge in [-0.2, -0.15) is 0 Å². The van der Waals surface area contributed by atoms with Gasteiger partial charge in [-0.15, -0.1) is 0 Å². The number of carboxylic acid groups (broad SMARTS) is 1. The minimum Gasteiger partial charge on any atom is -0.481 e. The summed E-state index contributed by atoms with van der Waals surface area (Å²) in [5.74, 6) is -0.833. The Bertz CT molecular complexity index is 202. The van der Waals surface area contributed by atoms with Crippen molar-refractivity contribution in [1.82, 2.24) is 0 Å². The highest BCUT2D eigenvalue weighted by Crippen LogP contribution is 2.10. The van der Waals surface area contributed by atoms with Crippen molar-refractivity contribution in [3.8, 4) is 0 Å². The smallest absolute Gasteiger partial charge is 0.300 e. The predicted molar refractivity (Wildman–Crippen MR) is 61.1 cm³/mol. The molecule has 0 fully saturated rings. The second kappa shape index (κ2) is 11.3. The molecule has 8 heteroatoms. The largest absolute Gasteiger partial charge is 0.481 e. The summed E-state index contributed by atoms with van der Waals surface area (Å²) in [6.45, 7) is 0.160. The van der Waals surface area contributed by atoms with Crippen LogP contribution in [0, 0.1) is 0 Å². The lowest BCUT2D eigenvalue weighted by molar-refractivity contribution is -0.145. The molecule has 0 heterocycles. The third-order valence-electron chi connectivity index (χ3n) is 2.04. The van der Waals surface area contributed by atoms with Gasteiger partial charge in [-0.25, -0.2) is 0 Å². The van der Waals surface area contributed by atoms with Gasteiger partial charge >= 0.3 is 0 Å². The summed E-state index contributed by atoms with van der Waals surface area (Å²) in [7, 11) is 2.67. The number of carbonyl (C=O) groups is 1. The van der Waals surface area contributed by atoms with E-state index in [1.807, 2.05) is 0 Å². The molecule has 0 aliphatic carbocycles. The molecule has 110 valence electrons. The normalized spacial score (nSPS) is 17.1. The molecule has 0 radical (unpaired) electrons. The number of methoxy groups -OCH3 is 2. The summed E-state index contributed by atoms with van der Waals surface area (Å²) >= 11 is 0. The van der Waals surface area contributed by atoms with E-state index < -0.39 is 37.0 Å². The van der Waals surface area contributed by atoms with Crippen LogP contribution in [0.3, 0.4) is 0 Å². The summed E-state index contributed by atoms with van der Waals surface area (Å²) in [4.78, 5) is 9.00. The molecule has 0 amide bonds. The summed E-state index contributed by atoms with van der Waals surface area (Å²) in [6, 6.07) is 0. The molecule has 0 aromatic rings. The van der Waals surface area contributed by atoms with Gasteiger partial charge in [-0.3, -0.25) is 4.79 Å². The van der Waals surface area contributed by atoms with Gasteiger partial charge in [0.2, 0.25) is 0 Å². The standard InChI is InChI=1S/C8H18O6.C2H4O2/c1-13-6(4-10)8(14-2)7(12)5(11)3-9;1-2(3)4/h5-12H,3-4H2,1-2H3;1H3,(H,3,4)/t5-,6+,7-,8-;/m1./s1. The second-order valence-corrected chi connectivity index (χ2v) is 3.42. The molecule has 18 heavy (non-hydrogen) atoms. The van der Waals surface area contributed by atoms with Crippen LogP contribution in [-0.2, 0) is 14.3 Å². The molecule has 0 saturated carbocycles. The summed E-state index contributed by atoms with van der Waals surface area (Å²) < 4.78 is 9.71. The van der Waals surface area contributed by atoms with Crippen molar-refractivity contribution in [3.63, 3.8) is 0 Å². The van der Waals surface area contributed by atoms with Crippen molar-refractivity contribution < 1.29 is 39.8 Å². The maximum atomic E-state index is 9.48. The van der Waals surface area contributed by atoms with Gasteiger partial charge in [0.25, 0.3) is 5.97 Å². The molecule has 0 saturated heterocycles. The first-order valence-corrected chi connectivity index (χ1v) is 5.18. The highest BCUT2D eigenvalue weighted by Gasteiger charge is 2.32. The van der Waals surface area contributed by atoms with E-state index in [1.165, 1.54) is 14.2 Å². The van der Waals surface area contributed by atoms with Crippen LogP contribution in [0.4, 0.5) is 0 Å². The van der Waals surface area contributed by atoms with Gasteiger partial charge in [0.1, 0.15) is 24.4 Å². The van der Waals surface area contributed by atoms with Crippen LogP contribution in [0.5, 0.6) is 0 Å². The van der Waals surface area contributed by atoms with Gasteiger partial charge in [-0.05, 0) is 0 Å². The Balaban J connectivity index is 0. The van der Waals surface area contributed by atoms with E-state index in [9.17, 15) is 5.11 Å². The Labute approximate surface area is 105 Å². The zero-order chi connectivity index (χ0) is 14.7. The van der Waals surface area contributed by atoms with Crippen molar-refractivity contribution in [2.75, 3.05) is 27.4 Å². The molecule has 4 atom stereocenters. The van der Waals surface area contributed by atoms with Crippen LogP contribution in [0.2, 0.25) is 0 Å². The minimum absolute atomic E-state index is 0.343. The number of aliphatic hydroxyl groups is 4. The third kappa shape index (κ3) is 8.34. The lowest BCUT2D eigenvalue weighted by Crippen LogP contribution is -2.48. The lowest BCUT2D eigenvalue weighted by Gasteiger charge is -2.29. The number of ether oxygens (including phenoxy) is 2. The van der Waals surface area contributed by atoms with E-state index >= 15 is 0 Å². The topological polar surface area (TPSA) is 137 Å². The Morgan fingerprint density at radius 1 is 1.11 bits per heavy atom. The minimum atomic E-state index is -1.32. The number of carboxylic acids is 1. The zero-order valence-electron chi connectivity index (χ0n) is 10.7. The molecule has 0 spiro atoms. The van der Waals surface area contributed by atoms with Gasteiger partial charge < -0.3 is 35.0 Å². The SMILES string of the molecule is CC(=O)O.CO[C@@H]([C@H](O)[C@H](O)CO)[C@H](CO)OC. The number of rotatable bonds is 7. The molecule has 5 N–H and O–H groups in total. The quantitative estimate of drug-likeness (QED) is 0.352. The van der Waals surface area contributed by atoms with Crippen LogP contribution < -0.4 is 0 Å². The Hall–Kier alpha value is -0.770. The first-order valence-electron chi connectivity index (χ1n) is 5.18. The maximum Gasteiger partial charge on any atom is 0.300 e. The molecule has 0 aliphatic heterocycles. The van der Waals surface area contributed by atoms with Crippen molar-refractivity contribution in [3.05, 3.63) is 0 Å². The van der Waals surface area contributed by atoms with E-state index in [0.717, 1.165) is 6.92 Å². The van der Waals surface area contributed by atoms with E-state index in [2.05, 4.69) is 0 Å². The van der Waals surface area contributed by atoms with Gasteiger partial charge in [0.15, 0.2) is 0 Å². The highest BCUT2D eigenvalue weighted by atomic mass is 16.5. The van der Waals surface area contributed by atoms with Crippen LogP contribution in [0.25, 0.3) is 0 Å².